The van der Waals surface area contributed by atoms with Gasteiger partial charge in [0.2, 0.25) is 10.0 Å². The monoisotopic (exact) mass is 289 g/mol. The SMILES string of the molecule is COCCN(C)S(=O)(=O)c1cc(N)ccc1[N+](=O)[O-]. The average molecular weight is 289 g/mol. The van der Waals surface area contributed by atoms with Gasteiger partial charge >= 0.3 is 0 Å². The molecule has 1 aromatic carbocycles. The highest BCUT2D eigenvalue weighted by Crippen LogP contribution is 2.27. The first-order valence-electron chi connectivity index (χ1n) is 5.30. The van der Waals surface area contributed by atoms with Gasteiger partial charge in [0.15, 0.2) is 4.90 Å². The summed E-state index contributed by atoms with van der Waals surface area (Å²) in [6.45, 7) is 0.274. The van der Waals surface area contributed by atoms with Gasteiger partial charge in [-0.15, -0.1) is 0 Å². The van der Waals surface area contributed by atoms with E-state index in [1.165, 1.54) is 20.2 Å². The van der Waals surface area contributed by atoms with Crippen LogP contribution in [0.5, 0.6) is 0 Å². The summed E-state index contributed by atoms with van der Waals surface area (Å²) in [4.78, 5) is 9.70. The van der Waals surface area contributed by atoms with Crippen molar-refractivity contribution < 1.29 is 18.1 Å². The third-order valence-electron chi connectivity index (χ3n) is 2.48. The van der Waals surface area contributed by atoms with Gasteiger partial charge in [0.1, 0.15) is 0 Å². The van der Waals surface area contributed by atoms with Gasteiger partial charge in [-0.05, 0) is 12.1 Å². The Hall–Kier alpha value is -1.71. The van der Waals surface area contributed by atoms with Crippen molar-refractivity contribution in [3.8, 4) is 0 Å². The maximum atomic E-state index is 12.2. The van der Waals surface area contributed by atoms with E-state index in [1.807, 2.05) is 0 Å². The van der Waals surface area contributed by atoms with E-state index < -0.39 is 25.5 Å². The van der Waals surface area contributed by atoms with E-state index in [4.69, 9.17) is 10.5 Å². The number of nitrogens with zero attached hydrogens (tertiary/aromatic N) is 2. The van der Waals surface area contributed by atoms with E-state index in [-0.39, 0.29) is 18.8 Å². The van der Waals surface area contributed by atoms with Crippen LogP contribution >= 0.6 is 0 Å². The number of nitrogens with two attached hydrogens (primary N) is 1. The molecule has 9 heteroatoms. The minimum atomic E-state index is -3.98. The van der Waals surface area contributed by atoms with E-state index in [0.717, 1.165) is 16.4 Å². The number of sulfonamides is 1. The number of nitro benzene ring substituents is 1. The zero-order valence-electron chi connectivity index (χ0n) is 10.6. The molecule has 0 fully saturated rings. The normalized spacial score (nSPS) is 11.7. The molecule has 1 rings (SSSR count). The van der Waals surface area contributed by atoms with Gasteiger partial charge in [-0.3, -0.25) is 10.1 Å². The van der Waals surface area contributed by atoms with E-state index >= 15 is 0 Å². The number of hydrogen-bond acceptors (Lipinski definition) is 6. The Labute approximate surface area is 111 Å². The van der Waals surface area contributed by atoms with Crippen LogP contribution in [0.1, 0.15) is 0 Å². The molecule has 0 amide bonds. The molecule has 0 bridgehead atoms. The molecule has 0 aliphatic rings. The van der Waals surface area contributed by atoms with Crippen molar-refractivity contribution in [3.63, 3.8) is 0 Å². The van der Waals surface area contributed by atoms with Crippen LogP contribution in [0.15, 0.2) is 23.1 Å². The summed E-state index contributed by atoms with van der Waals surface area (Å²) in [7, 11) is -1.22. The Balaban J connectivity index is 3.27. The van der Waals surface area contributed by atoms with Crippen LogP contribution in [0.3, 0.4) is 0 Å². The fourth-order valence-corrected chi connectivity index (χ4v) is 2.74. The molecular formula is C10H15N3O5S. The van der Waals surface area contributed by atoms with Gasteiger partial charge in [-0.2, -0.15) is 4.31 Å². The number of ether oxygens (including phenoxy) is 1. The minimum absolute atomic E-state index is 0.0881. The molecule has 0 heterocycles. The summed E-state index contributed by atoms with van der Waals surface area (Å²) < 4.78 is 30.2. The number of nitro groups is 1. The second kappa shape index (κ2) is 5.95. The first-order chi connectivity index (χ1) is 8.80. The molecule has 0 spiro atoms. The lowest BCUT2D eigenvalue weighted by Gasteiger charge is -2.16. The summed E-state index contributed by atoms with van der Waals surface area (Å²) in [5, 5.41) is 10.9. The summed E-state index contributed by atoms with van der Waals surface area (Å²) in [6, 6.07) is 3.44. The van der Waals surface area contributed by atoms with Gasteiger partial charge in [0, 0.05) is 32.5 Å². The smallest absolute Gasteiger partial charge is 0.289 e. The number of likely N-dealkylation sites (N-methyl/N-ethyl adjacent to an activating group) is 1. The second-order valence-corrected chi connectivity index (χ2v) is 5.82. The number of benzene rings is 1. The van der Waals surface area contributed by atoms with Crippen molar-refractivity contribution in [1.82, 2.24) is 4.31 Å². The molecule has 106 valence electrons. The number of rotatable bonds is 6. The molecule has 0 saturated heterocycles. The lowest BCUT2D eigenvalue weighted by molar-refractivity contribution is -0.387. The van der Waals surface area contributed by atoms with E-state index in [1.54, 1.807) is 0 Å². The first kappa shape index (κ1) is 15.3. The summed E-state index contributed by atoms with van der Waals surface area (Å²) in [5.74, 6) is 0. The molecule has 1 aromatic rings. The number of methoxy groups -OCH3 is 1. The minimum Gasteiger partial charge on any atom is -0.399 e. The third kappa shape index (κ3) is 3.40. The fraction of sp³-hybridized carbons (Fsp3) is 0.400. The van der Waals surface area contributed by atoms with Gasteiger partial charge in [0.25, 0.3) is 5.69 Å². The van der Waals surface area contributed by atoms with Crippen molar-refractivity contribution in [2.45, 2.75) is 4.90 Å². The number of nitrogen functional groups attached to an aromatic ring is 1. The predicted octanol–water partition coefficient (Wildman–Crippen LogP) is 0.444. The van der Waals surface area contributed by atoms with Crippen LogP contribution in [-0.4, -0.2) is 45.0 Å². The molecular weight excluding hydrogens is 274 g/mol. The highest BCUT2D eigenvalue weighted by Gasteiger charge is 2.29. The molecule has 0 aliphatic carbocycles. The van der Waals surface area contributed by atoms with Gasteiger partial charge < -0.3 is 10.5 Å². The maximum Gasteiger partial charge on any atom is 0.289 e. The van der Waals surface area contributed by atoms with Crippen LogP contribution in [0, 0.1) is 10.1 Å². The standard InChI is InChI=1S/C10H15N3O5S/c1-12(5-6-18-2)19(16,17)10-7-8(11)3-4-9(10)13(14)15/h3-4,7H,5-6,11H2,1-2H3. The lowest BCUT2D eigenvalue weighted by atomic mass is 10.3. The maximum absolute atomic E-state index is 12.2. The summed E-state index contributed by atoms with van der Waals surface area (Å²) in [6.07, 6.45) is 0. The lowest BCUT2D eigenvalue weighted by Crippen LogP contribution is -2.30. The van der Waals surface area contributed by atoms with Crippen molar-refractivity contribution in [2.75, 3.05) is 33.0 Å². The van der Waals surface area contributed by atoms with Gasteiger partial charge in [-0.25, -0.2) is 8.42 Å². The van der Waals surface area contributed by atoms with Crippen LogP contribution < -0.4 is 5.73 Å². The molecule has 0 saturated carbocycles. The van der Waals surface area contributed by atoms with E-state index in [0.29, 0.717) is 0 Å². The second-order valence-electron chi connectivity index (χ2n) is 3.80. The van der Waals surface area contributed by atoms with Crippen LogP contribution in [-0.2, 0) is 14.8 Å². The first-order valence-corrected chi connectivity index (χ1v) is 6.74. The Morgan fingerprint density at radius 2 is 2.11 bits per heavy atom. The van der Waals surface area contributed by atoms with Crippen molar-refractivity contribution in [1.29, 1.82) is 0 Å². The predicted molar refractivity (Wildman–Crippen MR) is 69.2 cm³/mol. The van der Waals surface area contributed by atoms with Crippen molar-refractivity contribution >= 4 is 21.4 Å². The molecule has 0 aliphatic heterocycles. The molecule has 0 aromatic heterocycles. The van der Waals surface area contributed by atoms with Crippen LogP contribution in [0.25, 0.3) is 0 Å². The van der Waals surface area contributed by atoms with Crippen molar-refractivity contribution in [2.24, 2.45) is 0 Å². The number of hydrogen-bond donors (Lipinski definition) is 1. The summed E-state index contributed by atoms with van der Waals surface area (Å²) >= 11 is 0. The van der Waals surface area contributed by atoms with Gasteiger partial charge in [-0.1, -0.05) is 0 Å². The van der Waals surface area contributed by atoms with Crippen molar-refractivity contribution in [3.05, 3.63) is 28.3 Å². The molecule has 0 unspecified atom stereocenters. The molecule has 8 nitrogen and oxygen atoms in total. The Kier molecular flexibility index (Phi) is 4.81. The molecule has 19 heavy (non-hydrogen) atoms. The fourth-order valence-electron chi connectivity index (χ4n) is 1.40. The third-order valence-corrected chi connectivity index (χ3v) is 4.37. The zero-order chi connectivity index (χ0) is 14.6. The summed E-state index contributed by atoms with van der Waals surface area (Å²) in [5.41, 5.74) is 5.14. The molecule has 2 N–H and O–H groups in total. The van der Waals surface area contributed by atoms with Crippen LogP contribution in [0.2, 0.25) is 0 Å². The Bertz CT molecular complexity index is 573. The quantitative estimate of drug-likeness (QED) is 0.461. The average Bonchev–Trinajstić information content (AvgIpc) is 2.35. The topological polar surface area (TPSA) is 116 Å². The Morgan fingerprint density at radius 1 is 1.47 bits per heavy atom. The van der Waals surface area contributed by atoms with E-state index in [2.05, 4.69) is 0 Å². The van der Waals surface area contributed by atoms with Gasteiger partial charge in [0.05, 0.1) is 11.5 Å². The zero-order valence-corrected chi connectivity index (χ0v) is 11.4. The van der Waals surface area contributed by atoms with E-state index in [9.17, 15) is 18.5 Å². The highest BCUT2D eigenvalue weighted by molar-refractivity contribution is 7.89. The number of anilines is 1. The largest absolute Gasteiger partial charge is 0.399 e. The molecule has 0 atom stereocenters. The Morgan fingerprint density at radius 3 is 2.63 bits per heavy atom. The van der Waals surface area contributed by atoms with Crippen LogP contribution in [0.4, 0.5) is 11.4 Å². The highest BCUT2D eigenvalue weighted by atomic mass is 32.2. The molecule has 0 radical (unpaired) electrons.